The third kappa shape index (κ3) is 4.56. The number of ether oxygens (including phenoxy) is 1. The molecule has 9 nitrogen and oxygen atoms in total. The van der Waals surface area contributed by atoms with Crippen LogP contribution in [0.4, 0.5) is 11.4 Å². The molecule has 1 saturated heterocycles. The maximum atomic E-state index is 12.9. The maximum absolute atomic E-state index is 12.9. The molecule has 1 fully saturated rings. The molecular formula is C18H18ClN3O6S. The third-order valence-electron chi connectivity index (χ3n) is 4.44. The van der Waals surface area contributed by atoms with Gasteiger partial charge in [-0.3, -0.25) is 14.9 Å². The number of anilines is 1. The van der Waals surface area contributed by atoms with Gasteiger partial charge >= 0.3 is 0 Å². The van der Waals surface area contributed by atoms with E-state index < -0.39 is 20.9 Å². The molecule has 1 aliphatic heterocycles. The Hall–Kier alpha value is -2.53. The molecule has 0 aromatic heterocycles. The van der Waals surface area contributed by atoms with Gasteiger partial charge in [0.05, 0.1) is 23.0 Å². The van der Waals surface area contributed by atoms with E-state index in [1.165, 1.54) is 22.5 Å². The van der Waals surface area contributed by atoms with Crippen LogP contribution in [0.1, 0.15) is 15.9 Å². The summed E-state index contributed by atoms with van der Waals surface area (Å²) >= 11 is 5.76. The smallest absolute Gasteiger partial charge is 0.288 e. The molecule has 2 aromatic rings. The molecule has 3 rings (SSSR count). The van der Waals surface area contributed by atoms with E-state index in [9.17, 15) is 23.3 Å². The molecule has 11 heteroatoms. The van der Waals surface area contributed by atoms with Crippen molar-refractivity contribution in [3.63, 3.8) is 0 Å². The van der Waals surface area contributed by atoms with Crippen LogP contribution in [-0.4, -0.2) is 49.9 Å². The molecule has 2 aromatic carbocycles. The summed E-state index contributed by atoms with van der Waals surface area (Å²) in [6.07, 6.45) is 0. The van der Waals surface area contributed by atoms with E-state index in [0.29, 0.717) is 18.8 Å². The molecule has 0 radical (unpaired) electrons. The molecule has 0 unspecified atom stereocenters. The summed E-state index contributed by atoms with van der Waals surface area (Å²) in [5, 5.41) is 13.5. The van der Waals surface area contributed by atoms with Crippen molar-refractivity contribution in [3.05, 3.63) is 62.7 Å². The number of hydrogen-bond donors (Lipinski definition) is 1. The first-order chi connectivity index (χ1) is 13.7. The number of carbonyl (C=O) groups is 1. The lowest BCUT2D eigenvalue weighted by molar-refractivity contribution is -0.384. The monoisotopic (exact) mass is 439 g/mol. The minimum absolute atomic E-state index is 0.0271. The van der Waals surface area contributed by atoms with Gasteiger partial charge in [-0.05, 0) is 36.8 Å². The molecular weight excluding hydrogens is 422 g/mol. The summed E-state index contributed by atoms with van der Waals surface area (Å²) in [5.74, 6) is -0.622. The van der Waals surface area contributed by atoms with Crippen molar-refractivity contribution >= 4 is 38.9 Å². The molecule has 0 atom stereocenters. The number of aryl methyl sites for hydroxylation is 1. The number of benzene rings is 2. The van der Waals surface area contributed by atoms with Crippen LogP contribution < -0.4 is 5.32 Å². The van der Waals surface area contributed by atoms with E-state index in [4.69, 9.17) is 16.3 Å². The number of nitrogens with zero attached hydrogens (tertiary/aromatic N) is 2. The highest BCUT2D eigenvalue weighted by Crippen LogP contribution is 2.27. The van der Waals surface area contributed by atoms with Gasteiger partial charge in [-0.15, -0.1) is 0 Å². The van der Waals surface area contributed by atoms with Crippen LogP contribution in [0.15, 0.2) is 41.3 Å². The van der Waals surface area contributed by atoms with Crippen molar-refractivity contribution in [1.82, 2.24) is 4.31 Å². The number of hydrogen-bond acceptors (Lipinski definition) is 6. The SMILES string of the molecule is Cc1ccc(NC(=O)c2ccc(Cl)c([N+](=O)[O-])c2)cc1S(=O)(=O)N1CCOCC1. The zero-order chi connectivity index (χ0) is 21.2. The van der Waals surface area contributed by atoms with Crippen molar-refractivity contribution in [1.29, 1.82) is 0 Å². The van der Waals surface area contributed by atoms with Crippen LogP contribution in [0.5, 0.6) is 0 Å². The average molecular weight is 440 g/mol. The predicted octanol–water partition coefficient (Wildman–Crippen LogP) is 2.83. The first-order valence-electron chi connectivity index (χ1n) is 8.64. The van der Waals surface area contributed by atoms with Gasteiger partial charge in [-0.25, -0.2) is 8.42 Å². The highest BCUT2D eigenvalue weighted by molar-refractivity contribution is 7.89. The largest absolute Gasteiger partial charge is 0.379 e. The van der Waals surface area contributed by atoms with Crippen LogP contribution in [0.2, 0.25) is 5.02 Å². The molecule has 1 aliphatic rings. The fourth-order valence-corrected chi connectivity index (χ4v) is 4.72. The molecule has 29 heavy (non-hydrogen) atoms. The first kappa shape index (κ1) is 21.2. The second kappa shape index (κ2) is 8.46. The zero-order valence-electron chi connectivity index (χ0n) is 15.4. The molecule has 154 valence electrons. The molecule has 1 N–H and O–H groups in total. The van der Waals surface area contributed by atoms with Crippen LogP contribution in [0.3, 0.4) is 0 Å². The van der Waals surface area contributed by atoms with Crippen molar-refractivity contribution in [2.75, 3.05) is 31.6 Å². The summed E-state index contributed by atoms with van der Waals surface area (Å²) in [4.78, 5) is 22.9. The molecule has 0 bridgehead atoms. The molecule has 1 heterocycles. The maximum Gasteiger partial charge on any atom is 0.288 e. The fourth-order valence-electron chi connectivity index (χ4n) is 2.88. The van der Waals surface area contributed by atoms with Gasteiger partial charge in [0, 0.05) is 30.4 Å². The number of morpholine rings is 1. The van der Waals surface area contributed by atoms with Crippen LogP contribution in [0.25, 0.3) is 0 Å². The van der Waals surface area contributed by atoms with Crippen molar-refractivity contribution in [2.24, 2.45) is 0 Å². The fraction of sp³-hybridized carbons (Fsp3) is 0.278. The van der Waals surface area contributed by atoms with Crippen molar-refractivity contribution < 1.29 is 22.9 Å². The summed E-state index contributed by atoms with van der Waals surface area (Å²) < 4.78 is 32.4. The van der Waals surface area contributed by atoms with Crippen LogP contribution in [-0.2, 0) is 14.8 Å². The summed E-state index contributed by atoms with van der Waals surface area (Å²) in [5.41, 5.74) is 0.430. The Kier molecular flexibility index (Phi) is 6.18. The number of nitrogens with one attached hydrogen (secondary N) is 1. The van der Waals surface area contributed by atoms with Crippen molar-refractivity contribution in [2.45, 2.75) is 11.8 Å². The lowest BCUT2D eigenvalue weighted by Crippen LogP contribution is -2.40. The second-order valence-corrected chi connectivity index (χ2v) is 8.69. The van der Waals surface area contributed by atoms with Gasteiger partial charge in [0.25, 0.3) is 11.6 Å². The van der Waals surface area contributed by atoms with Crippen LogP contribution in [0, 0.1) is 17.0 Å². The van der Waals surface area contributed by atoms with Gasteiger partial charge in [0.1, 0.15) is 5.02 Å². The molecule has 0 aliphatic carbocycles. The number of sulfonamides is 1. The number of nitro groups is 1. The van der Waals surface area contributed by atoms with E-state index in [1.54, 1.807) is 19.1 Å². The number of nitro benzene ring substituents is 1. The van der Waals surface area contributed by atoms with Gasteiger partial charge in [-0.1, -0.05) is 17.7 Å². The summed E-state index contributed by atoms with van der Waals surface area (Å²) in [7, 11) is -3.74. The van der Waals surface area contributed by atoms with E-state index >= 15 is 0 Å². The molecule has 0 spiro atoms. The zero-order valence-corrected chi connectivity index (χ0v) is 17.0. The van der Waals surface area contributed by atoms with E-state index in [-0.39, 0.29) is 39.9 Å². The summed E-state index contributed by atoms with van der Waals surface area (Å²) in [6.45, 7) is 2.83. The van der Waals surface area contributed by atoms with Gasteiger partial charge < -0.3 is 10.1 Å². The predicted molar refractivity (Wildman–Crippen MR) is 107 cm³/mol. The highest BCUT2D eigenvalue weighted by atomic mass is 35.5. The molecule has 0 saturated carbocycles. The Bertz CT molecular complexity index is 1070. The normalized spacial score (nSPS) is 15.1. The highest BCUT2D eigenvalue weighted by Gasteiger charge is 2.28. The van der Waals surface area contributed by atoms with Gasteiger partial charge in [0.15, 0.2) is 0 Å². The third-order valence-corrected chi connectivity index (χ3v) is 6.80. The van der Waals surface area contributed by atoms with Crippen LogP contribution >= 0.6 is 11.6 Å². The van der Waals surface area contributed by atoms with E-state index in [2.05, 4.69) is 5.32 Å². The average Bonchev–Trinajstić information content (AvgIpc) is 2.70. The Morgan fingerprint density at radius 2 is 1.90 bits per heavy atom. The Balaban J connectivity index is 1.87. The van der Waals surface area contributed by atoms with Crippen molar-refractivity contribution in [3.8, 4) is 0 Å². The Morgan fingerprint density at radius 1 is 1.21 bits per heavy atom. The Morgan fingerprint density at radius 3 is 2.55 bits per heavy atom. The number of rotatable bonds is 5. The lowest BCUT2D eigenvalue weighted by atomic mass is 10.1. The van der Waals surface area contributed by atoms with E-state index in [1.807, 2.05) is 0 Å². The Labute approximate surface area is 172 Å². The molecule has 1 amide bonds. The van der Waals surface area contributed by atoms with E-state index in [0.717, 1.165) is 6.07 Å². The number of halogens is 1. The van der Waals surface area contributed by atoms with Gasteiger partial charge in [-0.2, -0.15) is 4.31 Å². The quantitative estimate of drug-likeness (QED) is 0.565. The number of amides is 1. The topological polar surface area (TPSA) is 119 Å². The minimum atomic E-state index is -3.74. The summed E-state index contributed by atoms with van der Waals surface area (Å²) in [6, 6.07) is 8.21. The lowest BCUT2D eigenvalue weighted by Gasteiger charge is -2.26. The standard InChI is InChI=1S/C18H18ClN3O6S/c1-12-2-4-14(11-17(12)29(26,27)21-6-8-28-9-7-21)20-18(23)13-3-5-15(19)16(10-13)22(24)25/h2-5,10-11H,6-9H2,1H3,(H,20,23). The van der Waals surface area contributed by atoms with Gasteiger partial charge in [0.2, 0.25) is 10.0 Å². The second-order valence-electron chi connectivity index (χ2n) is 6.37. The minimum Gasteiger partial charge on any atom is -0.379 e. The first-order valence-corrected chi connectivity index (χ1v) is 10.5. The number of carbonyl (C=O) groups excluding carboxylic acids is 1.